The van der Waals surface area contributed by atoms with Gasteiger partial charge in [-0.15, -0.1) is 11.8 Å². The van der Waals surface area contributed by atoms with E-state index in [1.54, 1.807) is 10.5 Å². The summed E-state index contributed by atoms with van der Waals surface area (Å²) in [6.45, 7) is 0.833. The molecule has 0 amide bonds. The molecular formula is C10H15NS. The van der Waals surface area contributed by atoms with E-state index >= 15 is 0 Å². The Hall–Kier alpha value is -0.210. The number of nitrogens with two attached hydrogens (primary N) is 1. The first-order valence-electron chi connectivity index (χ1n) is 4.64. The molecule has 1 nitrogen and oxygen atoms in total. The lowest BCUT2D eigenvalue weighted by atomic mass is 9.90. The Bertz CT molecular complexity index is 230. The second-order valence-corrected chi connectivity index (χ2v) is 4.49. The van der Waals surface area contributed by atoms with Gasteiger partial charge in [-0.1, -0.05) is 12.2 Å². The highest BCUT2D eigenvalue weighted by molar-refractivity contribution is 8.03. The molecule has 1 atom stereocenters. The van der Waals surface area contributed by atoms with Gasteiger partial charge in [-0.25, -0.2) is 0 Å². The van der Waals surface area contributed by atoms with Crippen molar-refractivity contribution in [2.45, 2.75) is 19.3 Å². The molecule has 2 N–H and O–H groups in total. The summed E-state index contributed by atoms with van der Waals surface area (Å²) in [4.78, 5) is 1.59. The van der Waals surface area contributed by atoms with E-state index in [9.17, 15) is 0 Å². The van der Waals surface area contributed by atoms with Crippen LogP contribution in [0.15, 0.2) is 22.6 Å². The Kier molecular flexibility index (Phi) is 2.57. The number of hydrogen-bond donors (Lipinski definition) is 1. The van der Waals surface area contributed by atoms with Crippen molar-refractivity contribution < 1.29 is 0 Å². The Labute approximate surface area is 78.1 Å². The lowest BCUT2D eigenvalue weighted by Crippen LogP contribution is -2.20. The molecule has 1 aliphatic carbocycles. The molecular weight excluding hydrogens is 166 g/mol. The summed E-state index contributed by atoms with van der Waals surface area (Å²) in [5.41, 5.74) is 7.30. The molecule has 0 aromatic rings. The topological polar surface area (TPSA) is 26.0 Å². The zero-order valence-electron chi connectivity index (χ0n) is 7.25. The molecule has 0 unspecified atom stereocenters. The molecule has 0 saturated heterocycles. The first-order valence-corrected chi connectivity index (χ1v) is 5.63. The highest BCUT2D eigenvalue weighted by Crippen LogP contribution is 2.39. The second-order valence-electron chi connectivity index (χ2n) is 3.43. The Morgan fingerprint density at radius 2 is 2.50 bits per heavy atom. The van der Waals surface area contributed by atoms with Crippen molar-refractivity contribution in [1.29, 1.82) is 0 Å². The van der Waals surface area contributed by atoms with Gasteiger partial charge in [0.05, 0.1) is 0 Å². The first-order chi connectivity index (χ1) is 5.92. The van der Waals surface area contributed by atoms with Crippen molar-refractivity contribution in [3.8, 4) is 0 Å². The van der Waals surface area contributed by atoms with E-state index in [-0.39, 0.29) is 0 Å². The predicted octanol–water partition coefficient (Wildman–Crippen LogP) is 2.30. The molecule has 1 aliphatic heterocycles. The summed E-state index contributed by atoms with van der Waals surface area (Å²) in [5, 5.41) is 0. The summed E-state index contributed by atoms with van der Waals surface area (Å²) < 4.78 is 0. The van der Waals surface area contributed by atoms with Crippen LogP contribution in [0, 0.1) is 5.92 Å². The quantitative estimate of drug-likeness (QED) is 0.671. The minimum atomic E-state index is 0.670. The van der Waals surface area contributed by atoms with E-state index in [1.807, 2.05) is 11.8 Å². The fraction of sp³-hybridized carbons (Fsp3) is 0.600. The Balaban J connectivity index is 2.24. The Morgan fingerprint density at radius 3 is 3.33 bits per heavy atom. The van der Waals surface area contributed by atoms with Crippen LogP contribution < -0.4 is 5.73 Å². The maximum atomic E-state index is 5.74. The van der Waals surface area contributed by atoms with Gasteiger partial charge in [0.15, 0.2) is 0 Å². The third kappa shape index (κ3) is 1.46. The minimum Gasteiger partial charge on any atom is -0.330 e. The van der Waals surface area contributed by atoms with Crippen LogP contribution in [-0.4, -0.2) is 12.3 Å². The van der Waals surface area contributed by atoms with Crippen LogP contribution >= 0.6 is 11.8 Å². The van der Waals surface area contributed by atoms with Gasteiger partial charge < -0.3 is 5.73 Å². The molecule has 2 aliphatic rings. The summed E-state index contributed by atoms with van der Waals surface area (Å²) in [6, 6.07) is 0. The molecule has 2 rings (SSSR count). The molecule has 0 aromatic carbocycles. The second kappa shape index (κ2) is 3.67. The molecule has 0 radical (unpaired) electrons. The summed E-state index contributed by atoms with van der Waals surface area (Å²) in [7, 11) is 0. The van der Waals surface area contributed by atoms with E-state index in [0.717, 1.165) is 12.3 Å². The fourth-order valence-corrected chi connectivity index (χ4v) is 3.16. The fourth-order valence-electron chi connectivity index (χ4n) is 1.98. The zero-order valence-corrected chi connectivity index (χ0v) is 8.07. The zero-order chi connectivity index (χ0) is 8.39. The predicted molar refractivity (Wildman–Crippen MR) is 55.0 cm³/mol. The van der Waals surface area contributed by atoms with E-state index in [4.69, 9.17) is 5.73 Å². The molecule has 2 heteroatoms. The van der Waals surface area contributed by atoms with Gasteiger partial charge in [0.25, 0.3) is 0 Å². The van der Waals surface area contributed by atoms with Gasteiger partial charge in [-0.05, 0) is 36.3 Å². The van der Waals surface area contributed by atoms with Crippen molar-refractivity contribution in [2.24, 2.45) is 11.7 Å². The van der Waals surface area contributed by atoms with E-state index in [2.05, 4.69) is 12.2 Å². The first kappa shape index (κ1) is 8.39. The highest BCUT2D eigenvalue weighted by Gasteiger charge is 2.22. The van der Waals surface area contributed by atoms with E-state index < -0.39 is 0 Å². The number of rotatable bonds is 1. The van der Waals surface area contributed by atoms with Gasteiger partial charge in [0.2, 0.25) is 0 Å². The van der Waals surface area contributed by atoms with Crippen LogP contribution in [0.1, 0.15) is 19.3 Å². The smallest absolute Gasteiger partial charge is 0.0161 e. The lowest BCUT2D eigenvalue weighted by Gasteiger charge is -2.27. The van der Waals surface area contributed by atoms with Crippen molar-refractivity contribution in [3.05, 3.63) is 22.6 Å². The SMILES string of the molecule is NC[C@@H]1CCCC2=C1SCC=C2. The minimum absolute atomic E-state index is 0.670. The van der Waals surface area contributed by atoms with Gasteiger partial charge in [-0.3, -0.25) is 0 Å². The largest absolute Gasteiger partial charge is 0.330 e. The summed E-state index contributed by atoms with van der Waals surface area (Å²) in [5.74, 6) is 1.82. The molecule has 12 heavy (non-hydrogen) atoms. The van der Waals surface area contributed by atoms with Crippen LogP contribution in [0.5, 0.6) is 0 Å². The standard InChI is InChI=1S/C10H15NS/c11-7-9-4-1-3-8-5-2-6-12-10(8)9/h2,5,9H,1,3-4,6-7,11H2/t9-/m0/s1. The van der Waals surface area contributed by atoms with Crippen LogP contribution in [-0.2, 0) is 0 Å². The molecule has 0 bridgehead atoms. The molecule has 66 valence electrons. The normalized spacial score (nSPS) is 28.9. The third-order valence-corrected chi connectivity index (χ3v) is 3.89. The van der Waals surface area contributed by atoms with Crippen molar-refractivity contribution in [1.82, 2.24) is 0 Å². The van der Waals surface area contributed by atoms with Crippen LogP contribution in [0.25, 0.3) is 0 Å². The van der Waals surface area contributed by atoms with Crippen molar-refractivity contribution >= 4 is 11.8 Å². The maximum absolute atomic E-state index is 5.74. The van der Waals surface area contributed by atoms with Crippen LogP contribution in [0.2, 0.25) is 0 Å². The monoisotopic (exact) mass is 181 g/mol. The van der Waals surface area contributed by atoms with Gasteiger partial charge >= 0.3 is 0 Å². The van der Waals surface area contributed by atoms with Gasteiger partial charge in [-0.2, -0.15) is 0 Å². The van der Waals surface area contributed by atoms with E-state index in [1.165, 1.54) is 19.3 Å². The van der Waals surface area contributed by atoms with Crippen LogP contribution in [0.3, 0.4) is 0 Å². The van der Waals surface area contributed by atoms with Gasteiger partial charge in [0, 0.05) is 11.7 Å². The van der Waals surface area contributed by atoms with E-state index in [0.29, 0.717) is 5.92 Å². The highest BCUT2D eigenvalue weighted by atomic mass is 32.2. The number of allylic oxidation sites excluding steroid dienone is 2. The molecule has 0 aromatic heterocycles. The van der Waals surface area contributed by atoms with Crippen molar-refractivity contribution in [2.75, 3.05) is 12.3 Å². The third-order valence-electron chi connectivity index (χ3n) is 2.62. The summed E-state index contributed by atoms with van der Waals surface area (Å²) in [6.07, 6.45) is 8.47. The van der Waals surface area contributed by atoms with Crippen LogP contribution in [0.4, 0.5) is 0 Å². The maximum Gasteiger partial charge on any atom is 0.0161 e. The number of hydrogen-bond acceptors (Lipinski definition) is 2. The molecule has 0 spiro atoms. The number of thioether (sulfide) groups is 1. The molecule has 0 fully saturated rings. The van der Waals surface area contributed by atoms with Gasteiger partial charge in [0.1, 0.15) is 0 Å². The average molecular weight is 181 g/mol. The van der Waals surface area contributed by atoms with Crippen molar-refractivity contribution in [3.63, 3.8) is 0 Å². The average Bonchev–Trinajstić information content (AvgIpc) is 2.17. The molecule has 1 heterocycles. The lowest BCUT2D eigenvalue weighted by molar-refractivity contribution is 0.533. The Morgan fingerprint density at radius 1 is 1.58 bits per heavy atom. The molecule has 0 saturated carbocycles. The summed E-state index contributed by atoms with van der Waals surface area (Å²) >= 11 is 1.99.